The summed E-state index contributed by atoms with van der Waals surface area (Å²) in [6, 6.07) is 1.47. The fourth-order valence-electron chi connectivity index (χ4n) is 2.07. The number of nitrogens with zero attached hydrogens (tertiary/aromatic N) is 2. The number of hydrogen-bond donors (Lipinski definition) is 2. The van der Waals surface area contributed by atoms with Crippen LogP contribution in [0, 0.1) is 5.92 Å². The van der Waals surface area contributed by atoms with Gasteiger partial charge in [-0.15, -0.1) is 12.4 Å². The van der Waals surface area contributed by atoms with E-state index >= 15 is 0 Å². The summed E-state index contributed by atoms with van der Waals surface area (Å²) in [5.41, 5.74) is 5.06. The van der Waals surface area contributed by atoms with Gasteiger partial charge in [-0.05, 0) is 25.3 Å². The minimum atomic E-state index is -3.59. The quantitative estimate of drug-likeness (QED) is 0.816. The van der Waals surface area contributed by atoms with E-state index in [0.29, 0.717) is 12.3 Å². The zero-order valence-electron chi connectivity index (χ0n) is 11.8. The maximum atomic E-state index is 12.2. The third-order valence-electron chi connectivity index (χ3n) is 2.74. The molecule has 1 aromatic heterocycles. The van der Waals surface area contributed by atoms with Crippen LogP contribution in [0.5, 0.6) is 0 Å². The van der Waals surface area contributed by atoms with Crippen molar-refractivity contribution in [2.45, 2.75) is 37.8 Å². The first-order valence-corrected chi connectivity index (χ1v) is 7.40. The van der Waals surface area contributed by atoms with Gasteiger partial charge in [0.2, 0.25) is 0 Å². The van der Waals surface area contributed by atoms with E-state index in [1.165, 1.54) is 16.9 Å². The van der Waals surface area contributed by atoms with Crippen LogP contribution >= 0.6 is 12.4 Å². The topological polar surface area (TPSA) is 90.0 Å². The summed E-state index contributed by atoms with van der Waals surface area (Å²) in [7, 11) is -2.00. The summed E-state index contributed by atoms with van der Waals surface area (Å²) in [5, 5.41) is 4.01. The van der Waals surface area contributed by atoms with Crippen molar-refractivity contribution in [1.29, 1.82) is 0 Å². The monoisotopic (exact) mass is 310 g/mol. The molecule has 3 N–H and O–H groups in total. The molecule has 112 valence electrons. The Kier molecular flexibility index (Phi) is 6.47. The van der Waals surface area contributed by atoms with E-state index in [4.69, 9.17) is 5.73 Å². The molecule has 8 heteroatoms. The van der Waals surface area contributed by atoms with Gasteiger partial charge in [-0.3, -0.25) is 4.68 Å². The fourth-order valence-corrected chi connectivity index (χ4v) is 3.62. The molecule has 0 aliphatic rings. The fraction of sp³-hybridized carbons (Fsp3) is 0.727. The first kappa shape index (κ1) is 18.4. The van der Waals surface area contributed by atoms with Crippen molar-refractivity contribution >= 4 is 22.4 Å². The second-order valence-corrected chi connectivity index (χ2v) is 6.89. The zero-order valence-corrected chi connectivity index (χ0v) is 13.4. The molecule has 1 rings (SSSR count). The number of rotatable bonds is 6. The SMILES string of the molecule is CC(C)CC(C)(CN)NS(=O)(=O)c1ccnn1C.Cl. The maximum absolute atomic E-state index is 12.2. The predicted octanol–water partition coefficient (Wildman–Crippen LogP) is 0.884. The Morgan fingerprint density at radius 1 is 1.53 bits per heavy atom. The van der Waals surface area contributed by atoms with Crippen molar-refractivity contribution in [2.75, 3.05) is 6.54 Å². The number of nitrogens with one attached hydrogen (secondary N) is 1. The summed E-state index contributed by atoms with van der Waals surface area (Å²) >= 11 is 0. The van der Waals surface area contributed by atoms with Gasteiger partial charge in [0, 0.05) is 19.1 Å². The second-order valence-electron chi connectivity index (χ2n) is 5.26. The molecule has 1 aromatic rings. The van der Waals surface area contributed by atoms with Gasteiger partial charge in [-0.1, -0.05) is 13.8 Å². The first-order valence-electron chi connectivity index (χ1n) is 5.92. The first-order chi connectivity index (χ1) is 8.20. The van der Waals surface area contributed by atoms with Crippen LogP contribution in [0.1, 0.15) is 27.2 Å². The Labute approximate surface area is 121 Å². The molecule has 1 atom stereocenters. The minimum Gasteiger partial charge on any atom is -0.329 e. The molecule has 0 spiro atoms. The summed E-state index contributed by atoms with van der Waals surface area (Å²) < 4.78 is 28.5. The molecule has 0 fully saturated rings. The lowest BCUT2D eigenvalue weighted by Crippen LogP contribution is -2.52. The minimum absolute atomic E-state index is 0. The third-order valence-corrected chi connectivity index (χ3v) is 4.45. The van der Waals surface area contributed by atoms with E-state index in [2.05, 4.69) is 9.82 Å². The molecule has 6 nitrogen and oxygen atoms in total. The number of nitrogens with two attached hydrogens (primary N) is 1. The van der Waals surface area contributed by atoms with Crippen molar-refractivity contribution in [1.82, 2.24) is 14.5 Å². The molecule has 0 saturated carbocycles. The highest BCUT2D eigenvalue weighted by Gasteiger charge is 2.31. The van der Waals surface area contributed by atoms with Crippen LogP contribution in [-0.2, 0) is 17.1 Å². The van der Waals surface area contributed by atoms with Crippen LogP contribution in [0.2, 0.25) is 0 Å². The molecular formula is C11H23ClN4O2S. The predicted molar refractivity (Wildman–Crippen MR) is 77.7 cm³/mol. The van der Waals surface area contributed by atoms with Crippen molar-refractivity contribution in [3.63, 3.8) is 0 Å². The Balaban J connectivity index is 0.00000324. The van der Waals surface area contributed by atoms with Gasteiger partial charge in [-0.25, -0.2) is 13.1 Å². The van der Waals surface area contributed by atoms with Gasteiger partial charge < -0.3 is 5.73 Å². The number of halogens is 1. The average Bonchev–Trinajstić information content (AvgIpc) is 2.63. The van der Waals surface area contributed by atoms with E-state index in [1.54, 1.807) is 7.05 Å². The van der Waals surface area contributed by atoms with Gasteiger partial charge in [-0.2, -0.15) is 5.10 Å². The van der Waals surface area contributed by atoms with Crippen LogP contribution in [0.25, 0.3) is 0 Å². The average molecular weight is 311 g/mol. The highest BCUT2D eigenvalue weighted by Crippen LogP contribution is 2.19. The molecule has 0 amide bonds. The molecule has 0 aromatic carbocycles. The molecule has 1 heterocycles. The Hall–Kier alpha value is -0.630. The van der Waals surface area contributed by atoms with E-state index in [0.717, 1.165) is 0 Å². The van der Waals surface area contributed by atoms with Crippen LogP contribution in [-0.4, -0.2) is 30.3 Å². The van der Waals surface area contributed by atoms with Gasteiger partial charge in [0.05, 0.1) is 6.20 Å². The van der Waals surface area contributed by atoms with Gasteiger partial charge in [0.1, 0.15) is 0 Å². The Morgan fingerprint density at radius 2 is 2.11 bits per heavy atom. The smallest absolute Gasteiger partial charge is 0.258 e. The largest absolute Gasteiger partial charge is 0.329 e. The van der Waals surface area contributed by atoms with Gasteiger partial charge in [0.15, 0.2) is 5.03 Å². The number of sulfonamides is 1. The molecule has 0 radical (unpaired) electrons. The van der Waals surface area contributed by atoms with E-state index in [1.807, 2.05) is 20.8 Å². The molecule has 0 bridgehead atoms. The van der Waals surface area contributed by atoms with Gasteiger partial charge >= 0.3 is 0 Å². The molecule has 0 aliphatic heterocycles. The lowest BCUT2D eigenvalue weighted by molar-refractivity contribution is 0.343. The van der Waals surface area contributed by atoms with E-state index < -0.39 is 15.6 Å². The normalized spacial score (nSPS) is 15.1. The van der Waals surface area contributed by atoms with Crippen LogP contribution < -0.4 is 10.5 Å². The Morgan fingerprint density at radius 3 is 2.47 bits per heavy atom. The van der Waals surface area contributed by atoms with Crippen LogP contribution in [0.4, 0.5) is 0 Å². The van der Waals surface area contributed by atoms with Crippen LogP contribution in [0.15, 0.2) is 17.3 Å². The second kappa shape index (κ2) is 6.69. The number of aryl methyl sites for hydroxylation is 1. The summed E-state index contributed by atoms with van der Waals surface area (Å²) in [6.45, 7) is 6.14. The lowest BCUT2D eigenvalue weighted by atomic mass is 9.92. The number of aromatic nitrogens is 2. The highest BCUT2D eigenvalue weighted by molar-refractivity contribution is 7.89. The van der Waals surface area contributed by atoms with E-state index in [9.17, 15) is 8.42 Å². The summed E-state index contributed by atoms with van der Waals surface area (Å²) in [4.78, 5) is 0. The zero-order chi connectivity index (χ0) is 14.0. The molecule has 1 unspecified atom stereocenters. The lowest BCUT2D eigenvalue weighted by Gasteiger charge is -2.30. The van der Waals surface area contributed by atoms with Crippen molar-refractivity contribution < 1.29 is 8.42 Å². The van der Waals surface area contributed by atoms with Crippen molar-refractivity contribution in [3.05, 3.63) is 12.3 Å². The highest BCUT2D eigenvalue weighted by atomic mass is 35.5. The summed E-state index contributed by atoms with van der Waals surface area (Å²) in [5.74, 6) is 0.354. The molecular weight excluding hydrogens is 288 g/mol. The molecule has 0 aliphatic carbocycles. The maximum Gasteiger partial charge on any atom is 0.258 e. The summed E-state index contributed by atoms with van der Waals surface area (Å²) in [6.07, 6.45) is 2.14. The Bertz CT molecular complexity index is 501. The third kappa shape index (κ3) is 4.76. The number of hydrogen-bond acceptors (Lipinski definition) is 4. The molecule has 0 saturated heterocycles. The van der Waals surface area contributed by atoms with E-state index in [-0.39, 0.29) is 24.0 Å². The molecule has 19 heavy (non-hydrogen) atoms. The standard InChI is InChI=1S/C11H22N4O2S.ClH/c1-9(2)7-11(3,8-12)14-18(16,17)10-5-6-13-15(10)4;/h5-6,9,14H,7-8,12H2,1-4H3;1H. The van der Waals surface area contributed by atoms with Crippen molar-refractivity contribution in [2.24, 2.45) is 18.7 Å². The van der Waals surface area contributed by atoms with Crippen molar-refractivity contribution in [3.8, 4) is 0 Å². The van der Waals surface area contributed by atoms with Gasteiger partial charge in [0.25, 0.3) is 10.0 Å². The van der Waals surface area contributed by atoms with Crippen LogP contribution in [0.3, 0.4) is 0 Å².